The van der Waals surface area contributed by atoms with Crippen molar-refractivity contribution in [2.45, 2.75) is 44.2 Å². The van der Waals surface area contributed by atoms with Crippen molar-refractivity contribution >= 4 is 28.2 Å². The van der Waals surface area contributed by atoms with Gasteiger partial charge in [0.15, 0.2) is 5.82 Å². The fraction of sp³-hybridized carbons (Fsp3) is 0.265. The Bertz CT molecular complexity index is 1790. The van der Waals surface area contributed by atoms with E-state index >= 15 is 0 Å². The molecule has 0 unspecified atom stereocenters. The van der Waals surface area contributed by atoms with Crippen molar-refractivity contribution in [3.63, 3.8) is 0 Å². The molecule has 211 valence electrons. The number of nitrogens with one attached hydrogen (secondary N) is 3. The second-order valence-corrected chi connectivity index (χ2v) is 11.1. The minimum absolute atomic E-state index is 0.0138. The van der Waals surface area contributed by atoms with E-state index in [0.717, 1.165) is 73.6 Å². The third-order valence-electron chi connectivity index (χ3n) is 8.68. The van der Waals surface area contributed by atoms with Gasteiger partial charge in [0.1, 0.15) is 5.82 Å². The lowest BCUT2D eigenvalue weighted by molar-refractivity contribution is 0.140. The predicted octanol–water partition coefficient (Wildman–Crippen LogP) is 5.42. The minimum atomic E-state index is 0.0138. The van der Waals surface area contributed by atoms with Crippen molar-refractivity contribution < 1.29 is 4.79 Å². The van der Waals surface area contributed by atoms with Gasteiger partial charge < -0.3 is 15.3 Å². The summed E-state index contributed by atoms with van der Waals surface area (Å²) < 4.78 is 2.28. The molecule has 3 aromatic heterocycles. The highest BCUT2D eigenvalue weighted by molar-refractivity contribution is 5.83. The number of piperidine rings is 1. The number of nitrogens with zero attached hydrogens (tertiary/aromatic N) is 4. The van der Waals surface area contributed by atoms with Crippen LogP contribution >= 0.6 is 0 Å². The molecule has 3 aromatic carbocycles. The Labute approximate surface area is 244 Å². The molecule has 8 heteroatoms. The maximum atomic E-state index is 11.0. The maximum absolute atomic E-state index is 11.0. The van der Waals surface area contributed by atoms with E-state index < -0.39 is 0 Å². The van der Waals surface area contributed by atoms with E-state index in [-0.39, 0.29) is 12.1 Å². The van der Waals surface area contributed by atoms with E-state index in [2.05, 4.69) is 110 Å². The zero-order chi connectivity index (χ0) is 28.3. The van der Waals surface area contributed by atoms with Gasteiger partial charge in [-0.2, -0.15) is 0 Å². The van der Waals surface area contributed by atoms with Crippen LogP contribution in [0.3, 0.4) is 0 Å². The first kappa shape index (κ1) is 26.2. The monoisotopic (exact) mass is 556 g/mol. The summed E-state index contributed by atoms with van der Waals surface area (Å²) in [5, 5.41) is 15.1. The van der Waals surface area contributed by atoms with Crippen LogP contribution in [0, 0.1) is 0 Å². The molecular formula is C34H34N7O. The topological polar surface area (TPSA) is 94.6 Å². The molecule has 0 aliphatic carbocycles. The number of aromatic nitrogens is 5. The summed E-state index contributed by atoms with van der Waals surface area (Å²) in [6, 6.07) is 27.5. The summed E-state index contributed by atoms with van der Waals surface area (Å²) in [4.78, 5) is 20.4. The predicted molar refractivity (Wildman–Crippen MR) is 165 cm³/mol. The van der Waals surface area contributed by atoms with Gasteiger partial charge in [-0.15, -0.1) is 10.2 Å². The van der Waals surface area contributed by atoms with Gasteiger partial charge in [0.2, 0.25) is 0 Å². The first-order valence-corrected chi connectivity index (χ1v) is 14.7. The smallest absolute Gasteiger partial charge is 0.309 e. The highest BCUT2D eigenvalue weighted by Gasteiger charge is 2.31. The first-order valence-electron chi connectivity index (χ1n) is 14.7. The summed E-state index contributed by atoms with van der Waals surface area (Å²) in [5.41, 5.74) is 5.91. The van der Waals surface area contributed by atoms with Crippen LogP contribution in [0.15, 0.2) is 91.3 Å². The van der Waals surface area contributed by atoms with Gasteiger partial charge >= 0.3 is 6.41 Å². The van der Waals surface area contributed by atoms with Gasteiger partial charge in [0, 0.05) is 65.4 Å². The van der Waals surface area contributed by atoms with Gasteiger partial charge in [0.25, 0.3) is 0 Å². The molecule has 8 nitrogen and oxygen atoms in total. The summed E-state index contributed by atoms with van der Waals surface area (Å²) in [6.45, 7) is 1.72. The molecule has 1 amide bonds. The Morgan fingerprint density at radius 1 is 0.810 bits per heavy atom. The molecule has 1 radical (unpaired) electrons. The van der Waals surface area contributed by atoms with Gasteiger partial charge in [-0.3, -0.25) is 14.3 Å². The molecule has 6 aromatic rings. The molecule has 1 fully saturated rings. The molecule has 3 N–H and O–H groups in total. The zero-order valence-electron chi connectivity index (χ0n) is 23.5. The minimum Gasteiger partial charge on any atom is -0.361 e. The lowest BCUT2D eigenvalue weighted by Gasteiger charge is -2.37. The standard InChI is InChI=1S/C34H34N7O/c42-23-37-26-16-18-40(19-17-26)32(20-25-22-36-31-13-7-5-11-29(25)31)34-39-38-33(41(34)27-8-2-1-3-9-27)15-14-24-21-35-30-12-6-4-10-28(24)30/h1-13,21-22,26,32,35-36H,14-20H2,(H,37,42)/t32-/m1/s1. The number of H-pyrrole nitrogens is 2. The number of carbonyl (C=O) groups excluding carboxylic acids is 1. The number of likely N-dealkylation sites (tertiary alicyclic amines) is 1. The number of aromatic amines is 2. The van der Waals surface area contributed by atoms with E-state index in [1.54, 1.807) is 0 Å². The summed E-state index contributed by atoms with van der Waals surface area (Å²) in [5.74, 6) is 1.91. The van der Waals surface area contributed by atoms with Gasteiger partial charge in [-0.25, -0.2) is 0 Å². The normalized spacial score (nSPS) is 15.3. The number of fused-ring (bicyclic) bond motifs is 2. The van der Waals surface area contributed by atoms with Crippen molar-refractivity contribution in [3.05, 3.63) is 114 Å². The van der Waals surface area contributed by atoms with Gasteiger partial charge in [0.05, 0.1) is 6.04 Å². The Morgan fingerprint density at radius 2 is 1.45 bits per heavy atom. The quantitative estimate of drug-likeness (QED) is 0.196. The Kier molecular flexibility index (Phi) is 7.28. The molecule has 0 saturated carbocycles. The Balaban J connectivity index is 1.27. The van der Waals surface area contributed by atoms with Crippen LogP contribution < -0.4 is 5.32 Å². The molecule has 1 atom stereocenters. The lowest BCUT2D eigenvalue weighted by atomic mass is 9.98. The molecule has 0 bridgehead atoms. The fourth-order valence-corrected chi connectivity index (χ4v) is 6.48. The Hall–Kier alpha value is -4.69. The third kappa shape index (κ3) is 5.10. The van der Waals surface area contributed by atoms with Crippen LogP contribution in [-0.4, -0.2) is 55.2 Å². The second-order valence-electron chi connectivity index (χ2n) is 11.1. The van der Waals surface area contributed by atoms with Crippen molar-refractivity contribution in [1.82, 2.24) is 34.9 Å². The largest absolute Gasteiger partial charge is 0.361 e. The highest BCUT2D eigenvalue weighted by Crippen LogP contribution is 2.32. The van der Waals surface area contributed by atoms with E-state index in [1.165, 1.54) is 21.9 Å². The number of benzene rings is 3. The maximum Gasteiger partial charge on any atom is 0.309 e. The zero-order valence-corrected chi connectivity index (χ0v) is 23.5. The summed E-state index contributed by atoms with van der Waals surface area (Å²) in [6.07, 6.45) is 10.3. The molecule has 7 rings (SSSR count). The average molecular weight is 557 g/mol. The number of para-hydroxylation sites is 3. The molecular weight excluding hydrogens is 522 g/mol. The van der Waals surface area contributed by atoms with Crippen molar-refractivity contribution in [2.75, 3.05) is 13.1 Å². The third-order valence-corrected chi connectivity index (χ3v) is 8.68. The van der Waals surface area contributed by atoms with Crippen LogP contribution in [0.2, 0.25) is 0 Å². The van der Waals surface area contributed by atoms with E-state index in [4.69, 9.17) is 10.2 Å². The Morgan fingerprint density at radius 3 is 2.17 bits per heavy atom. The second kappa shape index (κ2) is 11.7. The van der Waals surface area contributed by atoms with Crippen LogP contribution in [-0.2, 0) is 24.1 Å². The van der Waals surface area contributed by atoms with E-state index in [0.29, 0.717) is 0 Å². The van der Waals surface area contributed by atoms with Crippen molar-refractivity contribution in [1.29, 1.82) is 0 Å². The number of hydrogen-bond donors (Lipinski definition) is 3. The summed E-state index contributed by atoms with van der Waals surface area (Å²) >= 11 is 0. The SMILES string of the molecule is O=[C]NC1CCN([C@H](Cc2c[nH]c3ccccc23)c2nnc(CCc3c[nH]c4ccccc34)n2-c2ccccc2)CC1. The van der Waals surface area contributed by atoms with Crippen LogP contribution in [0.1, 0.15) is 41.7 Å². The number of amides is 1. The summed E-state index contributed by atoms with van der Waals surface area (Å²) in [7, 11) is 0. The highest BCUT2D eigenvalue weighted by atomic mass is 16.1. The first-order chi connectivity index (χ1) is 20.8. The van der Waals surface area contributed by atoms with Gasteiger partial charge in [-0.05, 0) is 61.1 Å². The van der Waals surface area contributed by atoms with E-state index in [9.17, 15) is 4.79 Å². The molecule has 42 heavy (non-hydrogen) atoms. The number of aryl methyl sites for hydroxylation is 2. The molecule has 1 saturated heterocycles. The van der Waals surface area contributed by atoms with Crippen molar-refractivity contribution in [3.8, 4) is 5.69 Å². The number of hydrogen-bond acceptors (Lipinski definition) is 4. The lowest BCUT2D eigenvalue weighted by Crippen LogP contribution is -2.44. The number of rotatable bonds is 10. The van der Waals surface area contributed by atoms with Crippen LogP contribution in [0.25, 0.3) is 27.5 Å². The van der Waals surface area contributed by atoms with Crippen LogP contribution in [0.4, 0.5) is 0 Å². The van der Waals surface area contributed by atoms with Crippen LogP contribution in [0.5, 0.6) is 0 Å². The van der Waals surface area contributed by atoms with Gasteiger partial charge in [-0.1, -0.05) is 54.6 Å². The molecule has 1 aliphatic rings. The average Bonchev–Trinajstić information content (AvgIpc) is 3.77. The molecule has 1 aliphatic heterocycles. The molecule has 4 heterocycles. The van der Waals surface area contributed by atoms with E-state index in [1.807, 2.05) is 12.5 Å². The van der Waals surface area contributed by atoms with Crippen molar-refractivity contribution in [2.24, 2.45) is 0 Å². The molecule has 0 spiro atoms. The fourth-order valence-electron chi connectivity index (χ4n) is 6.48.